The number of nitrogens with one attached hydrogen (secondary N) is 2. The standard InChI is InChI=1S/C42H43F2N9O2/c1-3-50-22-24-52(25-23-50)30-16-20-51(21-17-30)31-13-14-34(36(27-31)55-2)46-42-45-18-15-35(47-42)40-38(48-37-12-4-5-19-53(37)40)28-8-6-9-29(26-28)41(54)49-39-32(43)10-7-11-33(39)44/h4-15,18-19,26-27,30H,3,16-17,20-25H2,1-2H3,(H,49,54)(H,45,46,47). The molecule has 0 bridgehead atoms. The summed E-state index contributed by atoms with van der Waals surface area (Å²) in [6.07, 6.45) is 5.86. The van der Waals surface area contributed by atoms with Crippen molar-refractivity contribution in [3.63, 3.8) is 0 Å². The number of ether oxygens (including phenoxy) is 1. The second-order valence-electron chi connectivity index (χ2n) is 13.8. The Kier molecular flexibility index (Phi) is 10.4. The highest BCUT2D eigenvalue weighted by Gasteiger charge is 2.28. The van der Waals surface area contributed by atoms with Gasteiger partial charge in [0.15, 0.2) is 0 Å². The fourth-order valence-corrected chi connectivity index (χ4v) is 7.64. The number of fused-ring (bicyclic) bond motifs is 1. The first-order chi connectivity index (χ1) is 26.9. The van der Waals surface area contributed by atoms with Gasteiger partial charge in [0, 0.05) is 80.6 Å². The highest BCUT2D eigenvalue weighted by molar-refractivity contribution is 6.05. The summed E-state index contributed by atoms with van der Waals surface area (Å²) >= 11 is 0. The summed E-state index contributed by atoms with van der Waals surface area (Å²) in [6.45, 7) is 10.00. The summed E-state index contributed by atoms with van der Waals surface area (Å²) in [6, 6.07) is 24.5. The first-order valence-electron chi connectivity index (χ1n) is 18.7. The fourth-order valence-electron chi connectivity index (χ4n) is 7.64. The molecule has 2 aliphatic heterocycles. The fraction of sp³-hybridized carbons (Fsp3) is 0.286. The molecule has 55 heavy (non-hydrogen) atoms. The molecule has 0 unspecified atom stereocenters. The SMILES string of the molecule is CCN1CCN(C2CCN(c3ccc(Nc4nccc(-c5c(-c6cccc(C(=O)Nc7c(F)cccc7F)c6)nc6ccccn56)n4)c(OC)c3)CC2)CC1. The maximum absolute atomic E-state index is 14.3. The number of anilines is 4. The Hall–Kier alpha value is -5.92. The number of aromatic nitrogens is 4. The summed E-state index contributed by atoms with van der Waals surface area (Å²) in [5.41, 5.74) is 4.68. The second kappa shape index (κ2) is 15.8. The van der Waals surface area contributed by atoms with E-state index in [1.807, 2.05) is 40.9 Å². The van der Waals surface area contributed by atoms with E-state index in [0.717, 1.165) is 82.2 Å². The maximum Gasteiger partial charge on any atom is 0.255 e. The molecule has 3 aromatic carbocycles. The summed E-state index contributed by atoms with van der Waals surface area (Å²) in [7, 11) is 1.66. The third-order valence-electron chi connectivity index (χ3n) is 10.7. The number of nitrogens with zero attached hydrogens (tertiary/aromatic N) is 7. The number of amides is 1. The van der Waals surface area contributed by atoms with E-state index in [1.54, 1.807) is 37.6 Å². The summed E-state index contributed by atoms with van der Waals surface area (Å²) < 4.78 is 36.4. The van der Waals surface area contributed by atoms with Gasteiger partial charge in [0.25, 0.3) is 5.91 Å². The average Bonchev–Trinajstić information content (AvgIpc) is 3.62. The number of hydrogen-bond acceptors (Lipinski definition) is 9. The van der Waals surface area contributed by atoms with Crippen LogP contribution in [0.25, 0.3) is 28.3 Å². The minimum atomic E-state index is -0.860. The van der Waals surface area contributed by atoms with Crippen LogP contribution in [0.1, 0.15) is 30.1 Å². The van der Waals surface area contributed by atoms with Gasteiger partial charge in [-0.25, -0.2) is 23.7 Å². The van der Waals surface area contributed by atoms with Crippen molar-refractivity contribution in [1.29, 1.82) is 0 Å². The number of para-hydroxylation sites is 1. The number of benzene rings is 3. The monoisotopic (exact) mass is 743 g/mol. The van der Waals surface area contributed by atoms with Crippen molar-refractivity contribution in [1.82, 2.24) is 29.2 Å². The normalized spacial score (nSPS) is 15.7. The van der Waals surface area contributed by atoms with Crippen molar-refractivity contribution < 1.29 is 18.3 Å². The molecule has 0 spiro atoms. The molecule has 3 aromatic heterocycles. The molecular formula is C42H43F2N9O2. The van der Waals surface area contributed by atoms with E-state index >= 15 is 0 Å². The zero-order valence-electron chi connectivity index (χ0n) is 30.9. The van der Waals surface area contributed by atoms with E-state index in [4.69, 9.17) is 14.7 Å². The highest BCUT2D eigenvalue weighted by Crippen LogP contribution is 2.36. The number of methoxy groups -OCH3 is 1. The maximum atomic E-state index is 14.3. The molecule has 8 rings (SSSR count). The molecule has 2 aliphatic rings. The van der Waals surface area contributed by atoms with Gasteiger partial charge in [-0.15, -0.1) is 0 Å². The van der Waals surface area contributed by atoms with Gasteiger partial charge in [-0.1, -0.05) is 31.2 Å². The lowest BCUT2D eigenvalue weighted by Gasteiger charge is -2.43. The smallest absolute Gasteiger partial charge is 0.255 e. The number of piperidine rings is 1. The van der Waals surface area contributed by atoms with Crippen LogP contribution in [-0.4, -0.2) is 94.0 Å². The lowest BCUT2D eigenvalue weighted by atomic mass is 10.0. The third-order valence-corrected chi connectivity index (χ3v) is 10.7. The molecule has 0 radical (unpaired) electrons. The quantitative estimate of drug-likeness (QED) is 0.149. The van der Waals surface area contributed by atoms with Gasteiger partial charge in [-0.05, 0) is 74.0 Å². The average molecular weight is 744 g/mol. The van der Waals surface area contributed by atoms with Crippen molar-refractivity contribution >= 4 is 34.6 Å². The molecule has 5 heterocycles. The molecule has 2 saturated heterocycles. The van der Waals surface area contributed by atoms with Crippen LogP contribution in [0.5, 0.6) is 5.75 Å². The topological polar surface area (TPSA) is 103 Å². The van der Waals surface area contributed by atoms with Gasteiger partial charge in [0.05, 0.1) is 29.9 Å². The number of halogens is 2. The molecule has 0 aliphatic carbocycles. The molecule has 13 heteroatoms. The van der Waals surface area contributed by atoms with Gasteiger partial charge in [-0.3, -0.25) is 14.1 Å². The molecule has 2 N–H and O–H groups in total. The van der Waals surface area contributed by atoms with Crippen LogP contribution in [0, 0.1) is 11.6 Å². The molecule has 6 aromatic rings. The van der Waals surface area contributed by atoms with E-state index in [2.05, 4.69) is 49.4 Å². The first kappa shape index (κ1) is 36.1. The van der Waals surface area contributed by atoms with E-state index in [-0.39, 0.29) is 5.56 Å². The number of carbonyl (C=O) groups excluding carboxylic acids is 1. The molecule has 1 amide bonds. The summed E-state index contributed by atoms with van der Waals surface area (Å²) in [4.78, 5) is 35.2. The minimum absolute atomic E-state index is 0.207. The van der Waals surface area contributed by atoms with Crippen LogP contribution in [-0.2, 0) is 0 Å². The largest absolute Gasteiger partial charge is 0.494 e. The highest BCUT2D eigenvalue weighted by atomic mass is 19.1. The Morgan fingerprint density at radius 3 is 2.42 bits per heavy atom. The summed E-state index contributed by atoms with van der Waals surface area (Å²) in [5, 5.41) is 5.72. The van der Waals surface area contributed by atoms with Gasteiger partial charge >= 0.3 is 0 Å². The first-order valence-corrected chi connectivity index (χ1v) is 18.7. The van der Waals surface area contributed by atoms with E-state index in [1.165, 1.54) is 6.07 Å². The van der Waals surface area contributed by atoms with Gasteiger partial charge in [0.1, 0.15) is 28.7 Å². The number of piperazine rings is 1. The predicted octanol–water partition coefficient (Wildman–Crippen LogP) is 7.35. The summed E-state index contributed by atoms with van der Waals surface area (Å²) in [5.74, 6) is -1.33. The molecule has 0 saturated carbocycles. The van der Waals surface area contributed by atoms with Gasteiger partial charge < -0.3 is 25.2 Å². The number of imidazole rings is 1. The van der Waals surface area contributed by atoms with Crippen molar-refractivity contribution in [2.24, 2.45) is 0 Å². The van der Waals surface area contributed by atoms with Crippen molar-refractivity contribution in [3.05, 3.63) is 115 Å². The van der Waals surface area contributed by atoms with Crippen molar-refractivity contribution in [2.45, 2.75) is 25.8 Å². The van der Waals surface area contributed by atoms with Crippen molar-refractivity contribution in [3.8, 4) is 28.4 Å². The lowest BCUT2D eigenvalue weighted by Crippen LogP contribution is -2.53. The lowest BCUT2D eigenvalue weighted by molar-refractivity contribution is 0.0878. The van der Waals surface area contributed by atoms with Gasteiger partial charge in [0.2, 0.25) is 5.95 Å². The van der Waals surface area contributed by atoms with Crippen LogP contribution in [0.15, 0.2) is 97.3 Å². The molecule has 11 nitrogen and oxygen atoms in total. The number of likely N-dealkylation sites (N-methyl/N-ethyl adjacent to an activating group) is 1. The van der Waals surface area contributed by atoms with Crippen LogP contribution < -0.4 is 20.3 Å². The number of rotatable bonds is 10. The molecular weight excluding hydrogens is 701 g/mol. The Morgan fingerprint density at radius 1 is 0.873 bits per heavy atom. The third kappa shape index (κ3) is 7.58. The Morgan fingerprint density at radius 2 is 1.65 bits per heavy atom. The Bertz CT molecular complexity index is 2300. The van der Waals surface area contributed by atoms with E-state index in [9.17, 15) is 13.6 Å². The Balaban J connectivity index is 1.02. The van der Waals surface area contributed by atoms with Crippen LogP contribution in [0.2, 0.25) is 0 Å². The molecule has 2 fully saturated rings. The molecule has 0 atom stereocenters. The van der Waals surface area contributed by atoms with Crippen LogP contribution in [0.3, 0.4) is 0 Å². The Labute approximate surface area is 318 Å². The van der Waals surface area contributed by atoms with E-state index < -0.39 is 23.2 Å². The van der Waals surface area contributed by atoms with Gasteiger partial charge in [-0.2, -0.15) is 0 Å². The zero-order chi connectivity index (χ0) is 37.9. The van der Waals surface area contributed by atoms with Crippen LogP contribution >= 0.6 is 0 Å². The van der Waals surface area contributed by atoms with E-state index in [0.29, 0.717) is 46.0 Å². The number of hydrogen-bond donors (Lipinski definition) is 2. The second-order valence-corrected chi connectivity index (χ2v) is 13.8. The van der Waals surface area contributed by atoms with Crippen molar-refractivity contribution in [2.75, 3.05) is 68.5 Å². The number of carbonyl (C=O) groups is 1. The zero-order valence-corrected chi connectivity index (χ0v) is 30.9. The predicted molar refractivity (Wildman–Crippen MR) is 211 cm³/mol. The minimum Gasteiger partial charge on any atom is -0.494 e. The molecule has 282 valence electrons. The van der Waals surface area contributed by atoms with Crippen LogP contribution in [0.4, 0.5) is 31.8 Å². The number of pyridine rings is 1.